The van der Waals surface area contributed by atoms with Crippen molar-refractivity contribution >= 4 is 34.1 Å². The summed E-state index contributed by atoms with van der Waals surface area (Å²) in [5, 5.41) is 11.0. The molecule has 4 aromatic heterocycles. The number of hydrogen-bond donors (Lipinski definition) is 3. The van der Waals surface area contributed by atoms with Crippen molar-refractivity contribution in [2.45, 2.75) is 20.8 Å². The van der Waals surface area contributed by atoms with Gasteiger partial charge in [-0.3, -0.25) is 19.7 Å². The van der Waals surface area contributed by atoms with E-state index in [-0.39, 0.29) is 17.7 Å². The molecule has 1 aliphatic heterocycles. The molecule has 0 radical (unpaired) electrons. The normalized spacial score (nSPS) is 14.2. The van der Waals surface area contributed by atoms with E-state index in [1.165, 1.54) is 0 Å². The first-order valence-corrected chi connectivity index (χ1v) is 12.7. The summed E-state index contributed by atoms with van der Waals surface area (Å²) in [6, 6.07) is 3.80. The summed E-state index contributed by atoms with van der Waals surface area (Å²) in [7, 11) is 0. The number of fused-ring (bicyclic) bond motifs is 1. The average Bonchev–Trinajstić information content (AvgIpc) is 3.54. The smallest absolute Gasteiger partial charge is 0.256 e. The van der Waals surface area contributed by atoms with Crippen molar-refractivity contribution in [2.75, 3.05) is 31.6 Å². The Balaban J connectivity index is 1.49. The van der Waals surface area contributed by atoms with Crippen molar-refractivity contribution in [1.29, 1.82) is 0 Å². The van der Waals surface area contributed by atoms with E-state index >= 15 is 0 Å². The number of aromatic nitrogens is 6. The number of allylic oxidation sites excluding steroid dienone is 2. The van der Waals surface area contributed by atoms with Gasteiger partial charge in [-0.25, -0.2) is 9.97 Å². The third-order valence-corrected chi connectivity index (χ3v) is 6.46. The van der Waals surface area contributed by atoms with E-state index in [2.05, 4.69) is 37.0 Å². The van der Waals surface area contributed by atoms with Gasteiger partial charge in [-0.05, 0) is 25.1 Å². The molecule has 0 saturated carbocycles. The lowest BCUT2D eigenvalue weighted by atomic mass is 10.1. The Morgan fingerprint density at radius 3 is 2.67 bits per heavy atom. The SMILES string of the molecule is C=C/C=C(/C(=O)N1CCOCC1)c1nc(-c2[nH]nc3ncc(-c4cncc(NC(=O)C(C)C)c4)cc23)[nH]c1C. The number of hydrogen-bond acceptors (Lipinski definition) is 7. The quantitative estimate of drug-likeness (QED) is 0.246. The number of nitrogens with one attached hydrogen (secondary N) is 3. The number of carbonyl (C=O) groups is 2. The molecule has 39 heavy (non-hydrogen) atoms. The van der Waals surface area contributed by atoms with E-state index in [1.54, 1.807) is 35.6 Å². The zero-order valence-corrected chi connectivity index (χ0v) is 22.1. The van der Waals surface area contributed by atoms with Crippen LogP contribution in [-0.4, -0.2) is 73.2 Å². The van der Waals surface area contributed by atoms with Crippen LogP contribution < -0.4 is 5.32 Å². The third-order valence-electron chi connectivity index (χ3n) is 6.46. The molecule has 3 N–H and O–H groups in total. The van der Waals surface area contributed by atoms with E-state index in [1.807, 2.05) is 32.9 Å². The summed E-state index contributed by atoms with van der Waals surface area (Å²) in [5.41, 5.74) is 5.11. The molecule has 5 heterocycles. The van der Waals surface area contributed by atoms with Gasteiger partial charge in [0.1, 0.15) is 5.69 Å². The molecule has 11 nitrogen and oxygen atoms in total. The van der Waals surface area contributed by atoms with Gasteiger partial charge >= 0.3 is 0 Å². The van der Waals surface area contributed by atoms with E-state index in [9.17, 15) is 9.59 Å². The van der Waals surface area contributed by atoms with E-state index in [0.717, 1.165) is 22.2 Å². The first-order valence-electron chi connectivity index (χ1n) is 12.7. The number of aryl methyl sites for hydroxylation is 1. The van der Waals surface area contributed by atoms with Crippen molar-refractivity contribution in [1.82, 2.24) is 35.0 Å². The molecule has 5 rings (SSSR count). The van der Waals surface area contributed by atoms with Crippen molar-refractivity contribution in [2.24, 2.45) is 5.92 Å². The predicted molar refractivity (Wildman–Crippen MR) is 148 cm³/mol. The van der Waals surface area contributed by atoms with Crippen molar-refractivity contribution < 1.29 is 14.3 Å². The molecule has 1 saturated heterocycles. The summed E-state index contributed by atoms with van der Waals surface area (Å²) < 4.78 is 5.39. The number of aromatic amines is 2. The van der Waals surface area contributed by atoms with Gasteiger partial charge in [-0.15, -0.1) is 0 Å². The molecular formula is C28H30N8O3. The molecule has 1 fully saturated rings. The minimum absolute atomic E-state index is 0.0828. The zero-order chi connectivity index (χ0) is 27.5. The second-order valence-corrected chi connectivity index (χ2v) is 9.58. The molecule has 0 atom stereocenters. The Kier molecular flexibility index (Phi) is 7.33. The Morgan fingerprint density at radius 1 is 1.15 bits per heavy atom. The molecule has 0 unspecified atom stereocenters. The van der Waals surface area contributed by atoms with Crippen LogP contribution in [-0.2, 0) is 14.3 Å². The molecule has 200 valence electrons. The number of amides is 2. The molecule has 0 bridgehead atoms. The summed E-state index contributed by atoms with van der Waals surface area (Å²) in [5.74, 6) is 0.188. The molecule has 0 aliphatic carbocycles. The fourth-order valence-corrected chi connectivity index (χ4v) is 4.34. The van der Waals surface area contributed by atoms with Crippen molar-refractivity contribution in [3.05, 3.63) is 60.8 Å². The highest BCUT2D eigenvalue weighted by molar-refractivity contribution is 6.19. The van der Waals surface area contributed by atoms with Gasteiger partial charge in [0.05, 0.1) is 41.8 Å². The third kappa shape index (κ3) is 5.34. The highest BCUT2D eigenvalue weighted by Crippen LogP contribution is 2.31. The van der Waals surface area contributed by atoms with Crippen LogP contribution in [0.2, 0.25) is 0 Å². The Bertz CT molecular complexity index is 1580. The molecule has 0 aromatic carbocycles. The van der Waals surface area contributed by atoms with Gasteiger partial charge in [-0.2, -0.15) is 5.10 Å². The topological polar surface area (TPSA) is 142 Å². The zero-order valence-electron chi connectivity index (χ0n) is 22.1. The number of pyridine rings is 2. The average molecular weight is 527 g/mol. The van der Waals surface area contributed by atoms with Crippen molar-refractivity contribution in [3.63, 3.8) is 0 Å². The molecule has 1 aliphatic rings. The fraction of sp³-hybridized carbons (Fsp3) is 0.286. The molecule has 11 heteroatoms. The summed E-state index contributed by atoms with van der Waals surface area (Å²) in [4.78, 5) is 44.1. The maximum Gasteiger partial charge on any atom is 0.256 e. The summed E-state index contributed by atoms with van der Waals surface area (Å²) >= 11 is 0. The second-order valence-electron chi connectivity index (χ2n) is 9.58. The first-order chi connectivity index (χ1) is 18.9. The van der Waals surface area contributed by atoms with Crippen LogP contribution in [0, 0.1) is 12.8 Å². The Labute approximate surface area is 225 Å². The maximum atomic E-state index is 13.3. The second kappa shape index (κ2) is 11.0. The van der Waals surface area contributed by atoms with Gasteiger partial charge in [0, 0.05) is 48.2 Å². The van der Waals surface area contributed by atoms with Gasteiger partial charge in [0.2, 0.25) is 5.91 Å². The number of carbonyl (C=O) groups excluding carboxylic acids is 2. The van der Waals surface area contributed by atoms with Crippen LogP contribution >= 0.6 is 0 Å². The minimum atomic E-state index is -0.146. The predicted octanol–water partition coefficient (Wildman–Crippen LogP) is 3.74. The number of H-pyrrole nitrogens is 2. The van der Waals surface area contributed by atoms with Gasteiger partial charge in [0.15, 0.2) is 11.5 Å². The number of ether oxygens (including phenoxy) is 1. The molecule has 2 amide bonds. The van der Waals surface area contributed by atoms with Crippen LogP contribution in [0.15, 0.2) is 49.5 Å². The van der Waals surface area contributed by atoms with E-state index < -0.39 is 0 Å². The number of morpholine rings is 1. The highest BCUT2D eigenvalue weighted by Gasteiger charge is 2.25. The largest absolute Gasteiger partial charge is 0.378 e. The maximum absolute atomic E-state index is 13.3. The number of imidazole rings is 1. The highest BCUT2D eigenvalue weighted by atomic mass is 16.5. The number of anilines is 1. The first kappa shape index (κ1) is 26.0. The number of rotatable bonds is 7. The fourth-order valence-electron chi connectivity index (χ4n) is 4.34. The molecule has 0 spiro atoms. The van der Waals surface area contributed by atoms with E-state index in [0.29, 0.717) is 60.4 Å². The van der Waals surface area contributed by atoms with Crippen LogP contribution in [0.3, 0.4) is 0 Å². The lowest BCUT2D eigenvalue weighted by Gasteiger charge is -2.27. The number of nitrogens with zero attached hydrogens (tertiary/aromatic N) is 5. The lowest BCUT2D eigenvalue weighted by molar-refractivity contribution is -0.129. The monoisotopic (exact) mass is 526 g/mol. The molecule has 4 aromatic rings. The minimum Gasteiger partial charge on any atom is -0.378 e. The van der Waals surface area contributed by atoms with E-state index in [4.69, 9.17) is 9.72 Å². The summed E-state index contributed by atoms with van der Waals surface area (Å²) in [6.45, 7) is 11.4. The van der Waals surface area contributed by atoms with Gasteiger partial charge < -0.3 is 19.9 Å². The van der Waals surface area contributed by atoms with Crippen LogP contribution in [0.5, 0.6) is 0 Å². The standard InChI is InChI=1S/C28H30N8O3/c1-5-6-21(28(38)36-7-9-39-10-8-36)23-17(4)31-26(33-23)24-22-12-19(14-30-25(22)35-34-24)18-11-20(15-29-13-18)32-27(37)16(2)3/h5-6,11-16H,1,7-10H2,2-4H3,(H,31,33)(H,32,37)(H,30,34,35)/b21-6+. The van der Waals surface area contributed by atoms with Gasteiger partial charge in [0.25, 0.3) is 5.91 Å². The van der Waals surface area contributed by atoms with Crippen LogP contribution in [0.25, 0.3) is 39.3 Å². The Morgan fingerprint density at radius 2 is 1.92 bits per heavy atom. The van der Waals surface area contributed by atoms with Crippen molar-refractivity contribution in [3.8, 4) is 22.6 Å². The van der Waals surface area contributed by atoms with Gasteiger partial charge in [-0.1, -0.05) is 26.5 Å². The molecular weight excluding hydrogens is 496 g/mol. The van der Waals surface area contributed by atoms with Crippen LogP contribution in [0.1, 0.15) is 25.2 Å². The Hall–Kier alpha value is -4.64. The lowest BCUT2D eigenvalue weighted by Crippen LogP contribution is -2.41. The van der Waals surface area contributed by atoms with Crippen LogP contribution in [0.4, 0.5) is 5.69 Å². The summed E-state index contributed by atoms with van der Waals surface area (Å²) in [6.07, 6.45) is 8.32.